The summed E-state index contributed by atoms with van der Waals surface area (Å²) in [6.07, 6.45) is 13.6. The maximum atomic E-state index is 10.3. The summed E-state index contributed by atoms with van der Waals surface area (Å²) < 4.78 is 6.64. The van der Waals surface area contributed by atoms with Gasteiger partial charge in [0.05, 0.1) is 18.8 Å². The molecule has 4 aliphatic carbocycles. The van der Waals surface area contributed by atoms with E-state index in [9.17, 15) is 5.11 Å². The van der Waals surface area contributed by atoms with Gasteiger partial charge in [-0.1, -0.05) is 26.0 Å². The van der Waals surface area contributed by atoms with Gasteiger partial charge in [0.25, 0.3) is 0 Å². The Morgan fingerprint density at radius 1 is 1.19 bits per heavy atom. The zero-order valence-electron chi connectivity index (χ0n) is 17.3. The van der Waals surface area contributed by atoms with E-state index in [1.807, 2.05) is 0 Å². The number of fused-ring (bicyclic) bond motifs is 5. The molecule has 0 saturated heterocycles. The Kier molecular flexibility index (Phi) is 5.03. The molecule has 0 heterocycles. The zero-order valence-corrected chi connectivity index (χ0v) is 17.3. The first-order chi connectivity index (χ1) is 12.3. The van der Waals surface area contributed by atoms with Crippen LogP contribution in [-0.4, -0.2) is 49.5 Å². The van der Waals surface area contributed by atoms with E-state index >= 15 is 0 Å². The van der Waals surface area contributed by atoms with Crippen LogP contribution >= 0.6 is 0 Å². The third-order valence-electron chi connectivity index (χ3n) is 8.74. The third kappa shape index (κ3) is 3.08. The summed E-state index contributed by atoms with van der Waals surface area (Å²) in [6.45, 7) is 6.88. The average molecular weight is 362 g/mol. The molecule has 148 valence electrons. The van der Waals surface area contributed by atoms with E-state index in [2.05, 4.69) is 45.0 Å². The first-order valence-corrected chi connectivity index (χ1v) is 11.0. The Labute approximate surface area is 160 Å². The number of hydrogen-bond donors (Lipinski definition) is 1. The Morgan fingerprint density at radius 3 is 2.77 bits per heavy atom. The van der Waals surface area contributed by atoms with Crippen molar-refractivity contribution in [1.82, 2.24) is 4.90 Å². The standard InChI is InChI=1S/C23H39NO2/c1-22-10-5-6-19(22)18-8-7-16-14-17(25)9-11-23(16,2)21(18)20(15-22)26-13-12-24(3)4/h5,10,16-21,25H,6-9,11-15H2,1-4H3/t16?,17?,18-,19-,20?,21-,22-,23-/m0/s1. The second-order valence-corrected chi connectivity index (χ2v) is 10.6. The molecule has 3 saturated carbocycles. The second-order valence-electron chi connectivity index (χ2n) is 10.6. The molecule has 3 fully saturated rings. The Morgan fingerprint density at radius 2 is 2.00 bits per heavy atom. The van der Waals surface area contributed by atoms with Crippen molar-refractivity contribution in [2.24, 2.45) is 34.5 Å². The molecule has 3 unspecified atom stereocenters. The van der Waals surface area contributed by atoms with Gasteiger partial charge in [0.1, 0.15) is 0 Å². The van der Waals surface area contributed by atoms with Crippen molar-refractivity contribution in [2.75, 3.05) is 27.2 Å². The summed E-state index contributed by atoms with van der Waals surface area (Å²) in [7, 11) is 4.26. The van der Waals surface area contributed by atoms with Crippen LogP contribution in [0.5, 0.6) is 0 Å². The smallest absolute Gasteiger partial charge is 0.0620 e. The highest BCUT2D eigenvalue weighted by Crippen LogP contribution is 2.65. The van der Waals surface area contributed by atoms with E-state index in [0.29, 0.717) is 28.8 Å². The summed E-state index contributed by atoms with van der Waals surface area (Å²) >= 11 is 0. The normalized spacial score (nSPS) is 50.4. The van der Waals surface area contributed by atoms with Gasteiger partial charge >= 0.3 is 0 Å². The van der Waals surface area contributed by atoms with Crippen LogP contribution < -0.4 is 0 Å². The number of aliphatic hydroxyl groups is 1. The van der Waals surface area contributed by atoms with E-state index in [1.165, 1.54) is 32.1 Å². The van der Waals surface area contributed by atoms with Crippen LogP contribution in [0.25, 0.3) is 0 Å². The Balaban J connectivity index is 1.61. The lowest BCUT2D eigenvalue weighted by Crippen LogP contribution is -2.59. The summed E-state index contributed by atoms with van der Waals surface area (Å²) in [5.41, 5.74) is 0.691. The van der Waals surface area contributed by atoms with Gasteiger partial charge in [-0.25, -0.2) is 0 Å². The zero-order chi connectivity index (χ0) is 18.5. The average Bonchev–Trinajstić information content (AvgIpc) is 2.96. The van der Waals surface area contributed by atoms with E-state index in [1.54, 1.807) is 0 Å². The van der Waals surface area contributed by atoms with Crippen molar-refractivity contribution in [3.63, 3.8) is 0 Å². The molecule has 0 radical (unpaired) electrons. The van der Waals surface area contributed by atoms with Crippen LogP contribution in [0.2, 0.25) is 0 Å². The van der Waals surface area contributed by atoms with E-state index in [4.69, 9.17) is 4.74 Å². The first-order valence-electron chi connectivity index (χ1n) is 11.0. The van der Waals surface area contributed by atoms with Gasteiger partial charge in [0.2, 0.25) is 0 Å². The number of rotatable bonds is 4. The minimum absolute atomic E-state index is 0.0697. The number of aliphatic hydroxyl groups excluding tert-OH is 1. The fraction of sp³-hybridized carbons (Fsp3) is 0.913. The topological polar surface area (TPSA) is 32.7 Å². The quantitative estimate of drug-likeness (QED) is 0.765. The van der Waals surface area contributed by atoms with Crippen molar-refractivity contribution in [3.05, 3.63) is 12.2 Å². The summed E-state index contributed by atoms with van der Waals surface area (Å²) in [5, 5.41) is 10.3. The minimum atomic E-state index is -0.0697. The van der Waals surface area contributed by atoms with Crippen LogP contribution in [0.15, 0.2) is 12.2 Å². The highest BCUT2D eigenvalue weighted by Gasteiger charge is 2.60. The molecule has 26 heavy (non-hydrogen) atoms. The van der Waals surface area contributed by atoms with Gasteiger partial charge in [0.15, 0.2) is 0 Å². The van der Waals surface area contributed by atoms with Gasteiger partial charge < -0.3 is 14.7 Å². The fourth-order valence-electron chi connectivity index (χ4n) is 7.37. The van der Waals surface area contributed by atoms with Crippen molar-refractivity contribution in [3.8, 4) is 0 Å². The van der Waals surface area contributed by atoms with Crippen molar-refractivity contribution < 1.29 is 9.84 Å². The highest BCUT2D eigenvalue weighted by atomic mass is 16.5. The SMILES string of the molecule is CN(C)CCOC1C[C@]2(C)C=CC[C@H]2[C@@H]2CCC3CC(O)CC[C@]3(C)[C@H]12. The molecule has 0 amide bonds. The van der Waals surface area contributed by atoms with E-state index in [-0.39, 0.29) is 6.10 Å². The monoisotopic (exact) mass is 361 g/mol. The lowest BCUT2D eigenvalue weighted by atomic mass is 9.44. The molecule has 0 bridgehead atoms. The van der Waals surface area contributed by atoms with Crippen LogP contribution in [0.4, 0.5) is 0 Å². The van der Waals surface area contributed by atoms with Crippen LogP contribution in [0.3, 0.4) is 0 Å². The Hall–Kier alpha value is -0.380. The van der Waals surface area contributed by atoms with Gasteiger partial charge in [-0.05, 0) is 93.5 Å². The predicted molar refractivity (Wildman–Crippen MR) is 106 cm³/mol. The molecule has 4 rings (SSSR count). The second kappa shape index (κ2) is 6.90. The number of likely N-dealkylation sites (N-methyl/N-ethyl adjacent to an activating group) is 1. The molecule has 3 nitrogen and oxygen atoms in total. The number of allylic oxidation sites excluding steroid dienone is 2. The van der Waals surface area contributed by atoms with Crippen molar-refractivity contribution >= 4 is 0 Å². The maximum absolute atomic E-state index is 10.3. The number of hydrogen-bond acceptors (Lipinski definition) is 3. The molecule has 0 aromatic rings. The third-order valence-corrected chi connectivity index (χ3v) is 8.74. The van der Waals surface area contributed by atoms with E-state index < -0.39 is 0 Å². The van der Waals surface area contributed by atoms with Crippen LogP contribution in [0.1, 0.15) is 58.8 Å². The maximum Gasteiger partial charge on any atom is 0.0620 e. The van der Waals surface area contributed by atoms with Crippen molar-refractivity contribution in [2.45, 2.75) is 71.0 Å². The number of ether oxygens (including phenoxy) is 1. The summed E-state index contributed by atoms with van der Waals surface area (Å²) in [6, 6.07) is 0. The van der Waals surface area contributed by atoms with Gasteiger partial charge in [-0.15, -0.1) is 0 Å². The summed E-state index contributed by atoms with van der Waals surface area (Å²) in [4.78, 5) is 2.22. The summed E-state index contributed by atoms with van der Waals surface area (Å²) in [5.74, 6) is 2.97. The number of nitrogens with zero attached hydrogens (tertiary/aromatic N) is 1. The molecule has 1 N–H and O–H groups in total. The van der Waals surface area contributed by atoms with E-state index in [0.717, 1.165) is 37.8 Å². The molecule has 0 aliphatic heterocycles. The molecule has 3 heteroatoms. The predicted octanol–water partition coefficient (Wildman–Crippen LogP) is 4.11. The molecule has 0 aromatic carbocycles. The van der Waals surface area contributed by atoms with Gasteiger partial charge in [0, 0.05) is 6.54 Å². The fourth-order valence-corrected chi connectivity index (χ4v) is 7.37. The van der Waals surface area contributed by atoms with Crippen LogP contribution in [0, 0.1) is 34.5 Å². The molecule has 0 aromatic heterocycles. The van der Waals surface area contributed by atoms with Gasteiger partial charge in [-0.2, -0.15) is 0 Å². The first kappa shape index (κ1) is 19.0. The molecular weight excluding hydrogens is 322 g/mol. The van der Waals surface area contributed by atoms with Crippen LogP contribution in [-0.2, 0) is 4.74 Å². The minimum Gasteiger partial charge on any atom is -0.393 e. The lowest BCUT2D eigenvalue weighted by molar-refractivity contribution is -0.183. The largest absolute Gasteiger partial charge is 0.393 e. The molecule has 4 aliphatic rings. The molecule has 8 atom stereocenters. The molecular formula is C23H39NO2. The van der Waals surface area contributed by atoms with Crippen molar-refractivity contribution in [1.29, 1.82) is 0 Å². The lowest BCUT2D eigenvalue weighted by Gasteiger charge is -2.62. The molecule has 0 spiro atoms. The van der Waals surface area contributed by atoms with Gasteiger partial charge in [-0.3, -0.25) is 0 Å². The Bertz CT molecular complexity index is 546. The highest BCUT2D eigenvalue weighted by molar-refractivity contribution is 5.18.